The third kappa shape index (κ3) is 9.15. The Bertz CT molecular complexity index is 3250. The maximum atomic E-state index is 14.5. The van der Waals surface area contributed by atoms with Gasteiger partial charge in [0.05, 0.1) is 84.6 Å². The minimum Gasteiger partial charge on any atom is -0.489 e. The number of aliphatic hydroxyl groups is 2. The molecule has 0 aliphatic carbocycles. The van der Waals surface area contributed by atoms with E-state index < -0.39 is 23.3 Å². The summed E-state index contributed by atoms with van der Waals surface area (Å²) >= 11 is 0. The molecular weight excluding hydrogens is 884 g/mol. The van der Waals surface area contributed by atoms with Gasteiger partial charge in [0.2, 0.25) is 0 Å². The van der Waals surface area contributed by atoms with E-state index in [0.717, 1.165) is 49.7 Å². The molecule has 6 unspecified atom stereocenters. The van der Waals surface area contributed by atoms with Crippen LogP contribution in [0.3, 0.4) is 0 Å². The third-order valence-electron chi connectivity index (χ3n) is 13.0. The second-order valence-corrected chi connectivity index (χ2v) is 17.7. The lowest BCUT2D eigenvalue weighted by Gasteiger charge is -2.35. The van der Waals surface area contributed by atoms with Crippen LogP contribution in [0.5, 0.6) is 11.5 Å². The fraction of sp³-hybridized carbons (Fsp3) is 0.259. The van der Waals surface area contributed by atoms with E-state index in [2.05, 4.69) is 22.1 Å². The summed E-state index contributed by atoms with van der Waals surface area (Å²) in [6, 6.07) is 34.9. The Morgan fingerprint density at radius 1 is 0.667 bits per heavy atom. The average Bonchev–Trinajstić information content (AvgIpc) is 4.22. The molecule has 2 N–H and O–H groups in total. The van der Waals surface area contributed by atoms with E-state index in [1.807, 2.05) is 78.9 Å². The maximum Gasteiger partial charge on any atom is 0.161 e. The van der Waals surface area contributed by atoms with Gasteiger partial charge in [-0.1, -0.05) is 24.3 Å². The Morgan fingerprint density at radius 2 is 1.38 bits per heavy atom. The molecule has 0 radical (unpaired) electrons. The standard InChI is InChI=1S/C27H21FN2O5.C27H22N2O5/c28-19-6-18(27(31)10-22-15-34-26(11-27)35-22)7-21(8-19)33-13-16-1-2-23-24(17-3-4-32-14-17)9-20(12-29)30-25(23)5-16;28-13-17-8-19-10-21(4-5-23(19)24(9-17)18-6-7-31-14-18)32-15-20-2-1-3-25(29-20)27(30)11-22-16-33-26(12-27)34-22/h1-9,14,22,26,31H,10-11,13,15H2;1-10,14,22,26,30H,11-12,15-16H2. The topological polar surface area (TPSA) is 195 Å². The first-order valence-corrected chi connectivity index (χ1v) is 22.5. The number of furan rings is 2. The highest BCUT2D eigenvalue weighted by Crippen LogP contribution is 2.43. The van der Waals surface area contributed by atoms with Crippen molar-refractivity contribution in [1.82, 2.24) is 9.97 Å². The van der Waals surface area contributed by atoms with Crippen molar-refractivity contribution in [3.8, 4) is 45.9 Å². The van der Waals surface area contributed by atoms with E-state index in [0.29, 0.717) is 72.0 Å². The predicted octanol–water partition coefficient (Wildman–Crippen LogP) is 9.48. The minimum absolute atomic E-state index is 0.103. The van der Waals surface area contributed by atoms with Crippen LogP contribution in [-0.4, -0.2) is 58.2 Å². The zero-order valence-corrected chi connectivity index (χ0v) is 36.9. The lowest BCUT2D eigenvalue weighted by Crippen LogP contribution is -2.40. The van der Waals surface area contributed by atoms with E-state index >= 15 is 0 Å². The first-order chi connectivity index (χ1) is 33.6. The molecule has 6 atom stereocenters. The SMILES string of the molecule is N#Cc1cc(-c2ccoc2)c2ccc(COc3cc(F)cc(C4(O)CC5COC(C4)O5)c3)cc2n1.N#Cc1cc(-c2ccoc2)c2ccc(OCc3cccc(C4(O)CC5COC(C4)O5)n3)cc2c1. The summed E-state index contributed by atoms with van der Waals surface area (Å²) in [4.78, 5) is 9.11. The molecule has 4 bridgehead atoms. The zero-order chi connectivity index (χ0) is 47.1. The number of hydrogen-bond donors (Lipinski definition) is 2. The lowest BCUT2D eigenvalue weighted by atomic mass is 9.84. The summed E-state index contributed by atoms with van der Waals surface area (Å²) in [5, 5.41) is 44.1. The Labute approximate surface area is 394 Å². The van der Waals surface area contributed by atoms with Crippen molar-refractivity contribution >= 4 is 21.7 Å². The first kappa shape index (κ1) is 44.1. The Morgan fingerprint density at radius 3 is 2.09 bits per heavy atom. The van der Waals surface area contributed by atoms with Gasteiger partial charge in [-0.15, -0.1) is 0 Å². The molecule has 12 rings (SSSR count). The van der Waals surface area contributed by atoms with Gasteiger partial charge < -0.3 is 47.5 Å². The van der Waals surface area contributed by atoms with E-state index in [1.54, 1.807) is 37.2 Å². The molecule has 4 aliphatic heterocycles. The number of aromatic nitrogens is 2. The van der Waals surface area contributed by atoms with Crippen molar-refractivity contribution in [2.24, 2.45) is 0 Å². The maximum absolute atomic E-state index is 14.5. The highest BCUT2D eigenvalue weighted by atomic mass is 19.1. The molecule has 4 aromatic heterocycles. The number of fused-ring (bicyclic) bond motifs is 6. The molecule has 14 nitrogen and oxygen atoms in total. The van der Waals surface area contributed by atoms with E-state index in [1.165, 1.54) is 12.1 Å². The molecule has 0 spiro atoms. The number of halogens is 1. The number of rotatable bonds is 10. The summed E-state index contributed by atoms with van der Waals surface area (Å²) in [7, 11) is 0. The predicted molar refractivity (Wildman–Crippen MR) is 245 cm³/mol. The highest BCUT2D eigenvalue weighted by molar-refractivity contribution is 5.98. The highest BCUT2D eigenvalue weighted by Gasteiger charge is 2.47. The van der Waals surface area contributed by atoms with E-state index in [9.17, 15) is 25.1 Å². The fourth-order valence-corrected chi connectivity index (χ4v) is 9.65. The van der Waals surface area contributed by atoms with Crippen LogP contribution in [0.15, 0.2) is 137 Å². The third-order valence-corrected chi connectivity index (χ3v) is 13.0. The Kier molecular flexibility index (Phi) is 11.6. The molecule has 8 aromatic rings. The molecule has 4 aliphatic rings. The van der Waals surface area contributed by atoms with Crippen molar-refractivity contribution in [2.75, 3.05) is 13.2 Å². The summed E-state index contributed by atoms with van der Waals surface area (Å²) in [5.41, 5.74) is 5.34. The van der Waals surface area contributed by atoms with Crippen LogP contribution in [0.4, 0.5) is 4.39 Å². The molecular formula is C54H43FN4O10. The van der Waals surface area contributed by atoms with Crippen LogP contribution in [0, 0.1) is 28.5 Å². The van der Waals surface area contributed by atoms with Crippen LogP contribution >= 0.6 is 0 Å². The first-order valence-electron chi connectivity index (χ1n) is 22.5. The van der Waals surface area contributed by atoms with Gasteiger partial charge in [0.15, 0.2) is 12.6 Å². The number of ether oxygens (including phenoxy) is 6. The van der Waals surface area contributed by atoms with Gasteiger partial charge >= 0.3 is 0 Å². The fourth-order valence-electron chi connectivity index (χ4n) is 9.65. The molecule has 69 heavy (non-hydrogen) atoms. The Hall–Kier alpha value is -7.47. The van der Waals surface area contributed by atoms with Crippen molar-refractivity contribution < 1.29 is 51.9 Å². The Balaban J connectivity index is 0.000000151. The van der Waals surface area contributed by atoms with Gasteiger partial charge in [0.25, 0.3) is 0 Å². The molecule has 4 saturated heterocycles. The molecule has 346 valence electrons. The number of hydrogen-bond acceptors (Lipinski definition) is 14. The normalized spacial score (nSPS) is 23.5. The van der Waals surface area contributed by atoms with Crippen LogP contribution in [0.1, 0.15) is 59.5 Å². The molecule has 8 heterocycles. The molecule has 0 saturated carbocycles. The summed E-state index contributed by atoms with van der Waals surface area (Å²) in [6.45, 7) is 1.35. The van der Waals surface area contributed by atoms with Gasteiger partial charge in [-0.3, -0.25) is 4.98 Å². The second kappa shape index (κ2) is 18.2. The lowest BCUT2D eigenvalue weighted by molar-refractivity contribution is -0.161. The van der Waals surface area contributed by atoms with Crippen molar-refractivity contribution in [3.05, 3.63) is 168 Å². The zero-order valence-electron chi connectivity index (χ0n) is 36.9. The van der Waals surface area contributed by atoms with Crippen LogP contribution in [-0.2, 0) is 43.4 Å². The van der Waals surface area contributed by atoms with Crippen LogP contribution in [0.2, 0.25) is 0 Å². The van der Waals surface area contributed by atoms with Crippen molar-refractivity contribution in [2.45, 2.75) is 74.9 Å². The van der Waals surface area contributed by atoms with Crippen molar-refractivity contribution in [1.29, 1.82) is 10.5 Å². The molecule has 4 aromatic carbocycles. The van der Waals surface area contributed by atoms with Crippen LogP contribution in [0.25, 0.3) is 43.9 Å². The van der Waals surface area contributed by atoms with Gasteiger partial charge in [0.1, 0.15) is 47.9 Å². The number of benzene rings is 4. The van der Waals surface area contributed by atoms with Gasteiger partial charge in [-0.2, -0.15) is 10.5 Å². The van der Waals surface area contributed by atoms with Crippen molar-refractivity contribution in [3.63, 3.8) is 0 Å². The average molecular weight is 927 g/mol. The second-order valence-electron chi connectivity index (χ2n) is 17.7. The number of nitriles is 2. The monoisotopic (exact) mass is 926 g/mol. The summed E-state index contributed by atoms with van der Waals surface area (Å²) < 4.78 is 59.2. The van der Waals surface area contributed by atoms with E-state index in [-0.39, 0.29) is 38.1 Å². The van der Waals surface area contributed by atoms with E-state index in [4.69, 9.17) is 37.3 Å². The summed E-state index contributed by atoms with van der Waals surface area (Å²) in [5.74, 6) is 0.490. The molecule has 15 heteroatoms. The van der Waals surface area contributed by atoms with Gasteiger partial charge in [-0.25, -0.2) is 9.37 Å². The smallest absolute Gasteiger partial charge is 0.161 e. The van der Waals surface area contributed by atoms with Gasteiger partial charge in [0, 0.05) is 48.3 Å². The molecule has 0 amide bonds. The summed E-state index contributed by atoms with van der Waals surface area (Å²) in [6.07, 6.45) is 6.72. The number of pyridine rings is 2. The van der Waals surface area contributed by atoms with Gasteiger partial charge in [-0.05, 0) is 106 Å². The quantitative estimate of drug-likeness (QED) is 0.132. The van der Waals surface area contributed by atoms with Crippen LogP contribution < -0.4 is 9.47 Å². The molecule has 4 fully saturated rings. The minimum atomic E-state index is -1.24. The largest absolute Gasteiger partial charge is 0.489 e. The number of nitrogens with zero attached hydrogens (tertiary/aromatic N) is 4.